The average molecular weight is 273 g/mol. The first-order chi connectivity index (χ1) is 7.15. The number of aldehydes is 1. The van der Waals surface area contributed by atoms with E-state index in [1.807, 2.05) is 13.0 Å². The minimum absolute atomic E-state index is 0.167. The number of hydrogen-bond donors (Lipinski definition) is 0. The van der Waals surface area contributed by atoms with Gasteiger partial charge in [-0.25, -0.2) is 0 Å². The van der Waals surface area contributed by atoms with E-state index in [0.29, 0.717) is 11.5 Å². The molecular weight excluding hydrogens is 260 g/mol. The highest BCUT2D eigenvalue weighted by Crippen LogP contribution is 2.39. The fourth-order valence-corrected chi connectivity index (χ4v) is 2.18. The van der Waals surface area contributed by atoms with Crippen LogP contribution in [-0.2, 0) is 4.79 Å². The molecule has 0 aromatic heterocycles. The van der Waals surface area contributed by atoms with Crippen LogP contribution in [0.2, 0.25) is 0 Å². The van der Waals surface area contributed by atoms with Crippen molar-refractivity contribution in [3.63, 3.8) is 0 Å². The van der Waals surface area contributed by atoms with Gasteiger partial charge in [-0.1, -0.05) is 13.0 Å². The Balaban J connectivity index is 3.28. The van der Waals surface area contributed by atoms with Crippen molar-refractivity contribution in [3.05, 3.63) is 22.2 Å². The molecule has 0 N–H and O–H groups in total. The maximum atomic E-state index is 10.7. The monoisotopic (exact) mass is 272 g/mol. The van der Waals surface area contributed by atoms with Crippen molar-refractivity contribution in [1.29, 1.82) is 0 Å². The summed E-state index contributed by atoms with van der Waals surface area (Å²) in [5.74, 6) is 1.09. The molecule has 0 aliphatic rings. The molecule has 0 saturated heterocycles. The molecular formula is C11H13BrO3. The highest BCUT2D eigenvalue weighted by atomic mass is 79.9. The second-order valence-corrected chi connectivity index (χ2v) is 3.92. The van der Waals surface area contributed by atoms with E-state index in [0.717, 1.165) is 16.3 Å². The summed E-state index contributed by atoms with van der Waals surface area (Å²) in [5, 5.41) is 0. The molecule has 15 heavy (non-hydrogen) atoms. The molecule has 0 saturated carbocycles. The summed E-state index contributed by atoms with van der Waals surface area (Å²) in [5.41, 5.74) is 0.891. The van der Waals surface area contributed by atoms with Crippen molar-refractivity contribution in [3.8, 4) is 11.5 Å². The lowest BCUT2D eigenvalue weighted by molar-refractivity contribution is -0.108. The first-order valence-electron chi connectivity index (χ1n) is 4.51. The molecule has 3 nitrogen and oxygen atoms in total. The van der Waals surface area contributed by atoms with Crippen LogP contribution >= 0.6 is 15.9 Å². The Kier molecular flexibility index (Phi) is 4.15. The molecule has 82 valence electrons. The van der Waals surface area contributed by atoms with E-state index >= 15 is 0 Å². The van der Waals surface area contributed by atoms with Gasteiger partial charge in [-0.3, -0.25) is 0 Å². The maximum absolute atomic E-state index is 10.7. The number of carbonyl (C=O) groups is 1. The molecule has 0 fully saturated rings. The smallest absolute Gasteiger partial charge is 0.175 e. The third-order valence-electron chi connectivity index (χ3n) is 2.21. The molecule has 1 atom stereocenters. The molecule has 0 spiro atoms. The molecule has 0 aliphatic heterocycles. The van der Waals surface area contributed by atoms with E-state index in [1.165, 1.54) is 0 Å². The number of ether oxygens (including phenoxy) is 2. The quantitative estimate of drug-likeness (QED) is 0.791. The summed E-state index contributed by atoms with van der Waals surface area (Å²) in [6, 6.07) is 3.64. The molecule has 1 aromatic carbocycles. The Morgan fingerprint density at radius 1 is 1.33 bits per heavy atom. The second-order valence-electron chi connectivity index (χ2n) is 3.13. The van der Waals surface area contributed by atoms with Gasteiger partial charge in [0.25, 0.3) is 0 Å². The van der Waals surface area contributed by atoms with Crippen molar-refractivity contribution in [2.24, 2.45) is 0 Å². The van der Waals surface area contributed by atoms with Crippen molar-refractivity contribution >= 4 is 22.2 Å². The lowest BCUT2D eigenvalue weighted by Gasteiger charge is -2.14. The molecule has 1 unspecified atom stereocenters. The fourth-order valence-electron chi connectivity index (χ4n) is 1.33. The third-order valence-corrected chi connectivity index (χ3v) is 3.03. The number of methoxy groups -OCH3 is 2. The first kappa shape index (κ1) is 12.0. The molecule has 4 heteroatoms. The lowest BCUT2D eigenvalue weighted by Crippen LogP contribution is -1.99. The van der Waals surface area contributed by atoms with E-state index < -0.39 is 0 Å². The van der Waals surface area contributed by atoms with E-state index in [9.17, 15) is 4.79 Å². The molecule has 1 rings (SSSR count). The maximum Gasteiger partial charge on any atom is 0.175 e. The van der Waals surface area contributed by atoms with Crippen LogP contribution in [0.15, 0.2) is 16.6 Å². The van der Waals surface area contributed by atoms with E-state index in [-0.39, 0.29) is 5.92 Å². The van der Waals surface area contributed by atoms with Gasteiger partial charge >= 0.3 is 0 Å². The predicted octanol–water partition coefficient (Wildman–Crippen LogP) is 2.77. The number of halogens is 1. The molecule has 1 aromatic rings. The van der Waals surface area contributed by atoms with Gasteiger partial charge in [0.2, 0.25) is 0 Å². The van der Waals surface area contributed by atoms with Crippen LogP contribution in [0.4, 0.5) is 0 Å². The lowest BCUT2D eigenvalue weighted by atomic mass is 10.0. The van der Waals surface area contributed by atoms with Gasteiger partial charge in [-0.15, -0.1) is 0 Å². The zero-order valence-corrected chi connectivity index (χ0v) is 10.5. The molecule has 0 bridgehead atoms. The van der Waals surface area contributed by atoms with Crippen LogP contribution < -0.4 is 9.47 Å². The molecule has 0 radical (unpaired) electrons. The third kappa shape index (κ3) is 2.31. The van der Waals surface area contributed by atoms with Crippen molar-refractivity contribution < 1.29 is 14.3 Å². The Hall–Kier alpha value is -1.03. The highest BCUT2D eigenvalue weighted by Gasteiger charge is 2.16. The van der Waals surface area contributed by atoms with E-state index in [1.54, 1.807) is 20.3 Å². The summed E-state index contributed by atoms with van der Waals surface area (Å²) >= 11 is 3.41. The van der Waals surface area contributed by atoms with Gasteiger partial charge in [0, 0.05) is 5.92 Å². The van der Waals surface area contributed by atoms with Gasteiger partial charge in [-0.2, -0.15) is 0 Å². The Morgan fingerprint density at radius 2 is 2.00 bits per heavy atom. The van der Waals surface area contributed by atoms with Crippen LogP contribution in [-0.4, -0.2) is 20.5 Å². The van der Waals surface area contributed by atoms with Crippen molar-refractivity contribution in [2.75, 3.05) is 14.2 Å². The van der Waals surface area contributed by atoms with E-state index in [4.69, 9.17) is 9.47 Å². The van der Waals surface area contributed by atoms with Gasteiger partial charge in [0.15, 0.2) is 11.5 Å². The fraction of sp³-hybridized carbons (Fsp3) is 0.364. The van der Waals surface area contributed by atoms with Gasteiger partial charge in [0.05, 0.1) is 18.7 Å². The van der Waals surface area contributed by atoms with Crippen LogP contribution in [0.3, 0.4) is 0 Å². The standard InChI is InChI=1S/C11H13BrO3/c1-7(6-13)8-4-5-9(14-2)11(15-3)10(8)12/h4-7H,1-3H3. The van der Waals surface area contributed by atoms with Crippen LogP contribution in [0.25, 0.3) is 0 Å². The van der Waals surface area contributed by atoms with Gasteiger partial charge in [-0.05, 0) is 27.6 Å². The Morgan fingerprint density at radius 3 is 2.47 bits per heavy atom. The SMILES string of the molecule is COc1ccc(C(C)C=O)c(Br)c1OC. The number of carbonyl (C=O) groups excluding carboxylic acids is 1. The number of hydrogen-bond acceptors (Lipinski definition) is 3. The predicted molar refractivity (Wildman–Crippen MR) is 61.7 cm³/mol. The summed E-state index contributed by atoms with van der Waals surface area (Å²) in [6.45, 7) is 1.83. The summed E-state index contributed by atoms with van der Waals surface area (Å²) < 4.78 is 11.1. The highest BCUT2D eigenvalue weighted by molar-refractivity contribution is 9.10. The zero-order valence-electron chi connectivity index (χ0n) is 8.91. The average Bonchev–Trinajstić information content (AvgIpc) is 2.27. The molecule has 0 heterocycles. The summed E-state index contributed by atoms with van der Waals surface area (Å²) in [4.78, 5) is 10.7. The molecule has 0 amide bonds. The van der Waals surface area contributed by atoms with Crippen LogP contribution in [0.5, 0.6) is 11.5 Å². The summed E-state index contributed by atoms with van der Waals surface area (Å²) in [6.07, 6.45) is 0.895. The summed E-state index contributed by atoms with van der Waals surface area (Å²) in [7, 11) is 3.14. The Labute approximate surface area is 97.5 Å². The number of benzene rings is 1. The second kappa shape index (κ2) is 5.16. The first-order valence-corrected chi connectivity index (χ1v) is 5.30. The van der Waals surface area contributed by atoms with Crippen LogP contribution in [0.1, 0.15) is 18.4 Å². The minimum atomic E-state index is -0.167. The number of rotatable bonds is 4. The zero-order chi connectivity index (χ0) is 11.4. The normalized spacial score (nSPS) is 12.0. The van der Waals surface area contributed by atoms with Gasteiger partial charge < -0.3 is 14.3 Å². The van der Waals surface area contributed by atoms with Gasteiger partial charge in [0.1, 0.15) is 6.29 Å². The van der Waals surface area contributed by atoms with E-state index in [2.05, 4.69) is 15.9 Å². The Bertz CT molecular complexity index is 363. The largest absolute Gasteiger partial charge is 0.493 e. The molecule has 0 aliphatic carbocycles. The van der Waals surface area contributed by atoms with Crippen molar-refractivity contribution in [1.82, 2.24) is 0 Å². The topological polar surface area (TPSA) is 35.5 Å². The minimum Gasteiger partial charge on any atom is -0.493 e. The van der Waals surface area contributed by atoms with Crippen LogP contribution in [0, 0.1) is 0 Å². The van der Waals surface area contributed by atoms with Crippen molar-refractivity contribution in [2.45, 2.75) is 12.8 Å².